The minimum Gasteiger partial charge on any atom is -0.287 e. The van der Waals surface area contributed by atoms with Gasteiger partial charge in [0.05, 0.1) is 11.4 Å². The third kappa shape index (κ3) is 3.40. The first-order valence-corrected chi connectivity index (χ1v) is 7.72. The Morgan fingerprint density at radius 1 is 0.818 bits per heavy atom. The van der Waals surface area contributed by atoms with Gasteiger partial charge in [-0.1, -0.05) is 60.7 Å². The number of hydrogen-bond donors (Lipinski definition) is 0. The zero-order valence-electron chi connectivity index (χ0n) is 12.1. The van der Waals surface area contributed by atoms with Gasteiger partial charge in [-0.2, -0.15) is 0 Å². The first-order chi connectivity index (χ1) is 10.7. The normalized spacial score (nSPS) is 10.4. The number of rotatable bonds is 3. The minimum atomic E-state index is -0.0239. The lowest BCUT2D eigenvalue weighted by molar-refractivity contribution is -0.109. The molecule has 3 rings (SSSR count). The van der Waals surface area contributed by atoms with Crippen LogP contribution in [0, 0.1) is 0 Å². The second-order valence-corrected chi connectivity index (χ2v) is 5.89. The summed E-state index contributed by atoms with van der Waals surface area (Å²) in [5, 5.41) is 0.455. The van der Waals surface area contributed by atoms with Crippen molar-refractivity contribution in [1.29, 1.82) is 0 Å². The van der Waals surface area contributed by atoms with Gasteiger partial charge in [-0.25, -0.2) is 9.97 Å². The van der Waals surface area contributed by atoms with Crippen molar-refractivity contribution in [3.8, 4) is 22.5 Å². The van der Waals surface area contributed by atoms with Crippen molar-refractivity contribution in [2.24, 2.45) is 0 Å². The van der Waals surface area contributed by atoms with Gasteiger partial charge in [-0.3, -0.25) is 4.79 Å². The summed E-state index contributed by atoms with van der Waals surface area (Å²) < 4.78 is 0. The molecule has 2 aromatic carbocycles. The van der Waals surface area contributed by atoms with Crippen LogP contribution >= 0.6 is 11.8 Å². The maximum Gasteiger partial charge on any atom is 0.196 e. The van der Waals surface area contributed by atoms with E-state index in [-0.39, 0.29) is 5.12 Å². The van der Waals surface area contributed by atoms with Crippen molar-refractivity contribution < 1.29 is 4.79 Å². The highest BCUT2D eigenvalue weighted by Crippen LogP contribution is 2.26. The molecule has 1 aromatic heterocycles. The van der Waals surface area contributed by atoms with E-state index < -0.39 is 0 Å². The zero-order chi connectivity index (χ0) is 15.4. The Morgan fingerprint density at radius 3 is 1.68 bits per heavy atom. The van der Waals surface area contributed by atoms with Crippen LogP contribution in [-0.4, -0.2) is 15.1 Å². The number of nitrogens with zero attached hydrogens (tertiary/aromatic N) is 2. The van der Waals surface area contributed by atoms with E-state index in [1.807, 2.05) is 66.7 Å². The average molecular weight is 306 g/mol. The van der Waals surface area contributed by atoms with E-state index >= 15 is 0 Å². The lowest BCUT2D eigenvalue weighted by Gasteiger charge is -2.07. The second kappa shape index (κ2) is 6.54. The number of benzene rings is 2. The van der Waals surface area contributed by atoms with Crippen LogP contribution < -0.4 is 0 Å². The lowest BCUT2D eigenvalue weighted by atomic mass is 10.1. The Morgan fingerprint density at radius 2 is 1.27 bits per heavy atom. The molecule has 0 aliphatic rings. The molecule has 0 fully saturated rings. The molecule has 0 unspecified atom stereocenters. The molecule has 3 nitrogen and oxygen atoms in total. The largest absolute Gasteiger partial charge is 0.287 e. The molecule has 0 saturated carbocycles. The highest BCUT2D eigenvalue weighted by atomic mass is 32.2. The molecular weight excluding hydrogens is 292 g/mol. The maximum absolute atomic E-state index is 11.4. The van der Waals surface area contributed by atoms with E-state index in [0.29, 0.717) is 5.16 Å². The summed E-state index contributed by atoms with van der Waals surface area (Å²) in [6.45, 7) is 1.52. The van der Waals surface area contributed by atoms with Crippen LogP contribution in [0.1, 0.15) is 6.92 Å². The number of thioether (sulfide) groups is 1. The number of aromatic nitrogens is 2. The predicted octanol–water partition coefficient (Wildman–Crippen LogP) is 4.45. The molecule has 22 heavy (non-hydrogen) atoms. The van der Waals surface area contributed by atoms with E-state index in [2.05, 4.69) is 9.97 Å². The quantitative estimate of drug-likeness (QED) is 0.529. The number of carbonyl (C=O) groups excluding carboxylic acids is 1. The van der Waals surface area contributed by atoms with Gasteiger partial charge in [-0.15, -0.1) is 0 Å². The molecular formula is C18H14N2OS. The van der Waals surface area contributed by atoms with Crippen LogP contribution in [0.5, 0.6) is 0 Å². The van der Waals surface area contributed by atoms with E-state index in [4.69, 9.17) is 0 Å². The summed E-state index contributed by atoms with van der Waals surface area (Å²) >= 11 is 1.05. The summed E-state index contributed by atoms with van der Waals surface area (Å²) in [6, 6.07) is 21.8. The zero-order valence-corrected chi connectivity index (χ0v) is 12.9. The van der Waals surface area contributed by atoms with Gasteiger partial charge in [0.15, 0.2) is 10.3 Å². The Kier molecular flexibility index (Phi) is 4.30. The molecule has 0 aliphatic heterocycles. The molecule has 0 saturated heterocycles. The van der Waals surface area contributed by atoms with Crippen molar-refractivity contribution in [3.63, 3.8) is 0 Å². The van der Waals surface area contributed by atoms with Gasteiger partial charge in [0.2, 0.25) is 0 Å². The van der Waals surface area contributed by atoms with Crippen molar-refractivity contribution in [3.05, 3.63) is 66.7 Å². The fourth-order valence-corrected chi connectivity index (χ4v) is 2.66. The molecule has 0 aliphatic carbocycles. The lowest BCUT2D eigenvalue weighted by Crippen LogP contribution is -1.96. The smallest absolute Gasteiger partial charge is 0.196 e. The van der Waals surface area contributed by atoms with Gasteiger partial charge in [0.1, 0.15) is 0 Å². The van der Waals surface area contributed by atoms with E-state index in [1.54, 1.807) is 0 Å². The third-order valence-electron chi connectivity index (χ3n) is 3.08. The topological polar surface area (TPSA) is 42.9 Å². The summed E-state index contributed by atoms with van der Waals surface area (Å²) in [5.41, 5.74) is 3.65. The van der Waals surface area contributed by atoms with E-state index in [0.717, 1.165) is 34.3 Å². The van der Waals surface area contributed by atoms with Crippen molar-refractivity contribution in [1.82, 2.24) is 9.97 Å². The van der Waals surface area contributed by atoms with E-state index in [9.17, 15) is 4.79 Å². The highest BCUT2D eigenvalue weighted by molar-refractivity contribution is 8.13. The third-order valence-corrected chi connectivity index (χ3v) is 3.73. The monoisotopic (exact) mass is 306 g/mol. The molecule has 0 atom stereocenters. The Bertz CT molecular complexity index is 731. The second-order valence-electron chi connectivity index (χ2n) is 4.75. The maximum atomic E-state index is 11.4. The average Bonchev–Trinajstić information content (AvgIpc) is 2.55. The standard InChI is InChI=1S/C18H14N2OS/c1-13(21)22-18-19-16(14-8-4-2-5-9-14)12-17(20-18)15-10-6-3-7-11-15/h2-12H,1H3. The summed E-state index contributed by atoms with van der Waals surface area (Å²) in [4.78, 5) is 20.4. The van der Waals surface area contributed by atoms with Crippen LogP contribution in [0.3, 0.4) is 0 Å². The van der Waals surface area contributed by atoms with Crippen LogP contribution in [-0.2, 0) is 4.79 Å². The molecule has 0 radical (unpaired) electrons. The molecule has 0 amide bonds. The molecule has 1 heterocycles. The Labute approximate surface area is 133 Å². The number of carbonyl (C=O) groups is 1. The Hall–Kier alpha value is -2.46. The molecule has 0 spiro atoms. The van der Waals surface area contributed by atoms with Gasteiger partial charge >= 0.3 is 0 Å². The van der Waals surface area contributed by atoms with Crippen molar-refractivity contribution in [2.45, 2.75) is 12.1 Å². The van der Waals surface area contributed by atoms with Gasteiger partial charge in [0.25, 0.3) is 0 Å². The van der Waals surface area contributed by atoms with E-state index in [1.165, 1.54) is 6.92 Å². The molecule has 3 aromatic rings. The Balaban J connectivity index is 2.12. The van der Waals surface area contributed by atoms with Gasteiger partial charge in [-0.05, 0) is 17.8 Å². The van der Waals surface area contributed by atoms with Gasteiger partial charge < -0.3 is 0 Å². The van der Waals surface area contributed by atoms with Crippen LogP contribution in [0.15, 0.2) is 71.9 Å². The summed E-state index contributed by atoms with van der Waals surface area (Å²) in [7, 11) is 0. The predicted molar refractivity (Wildman–Crippen MR) is 89.4 cm³/mol. The van der Waals surface area contributed by atoms with Crippen molar-refractivity contribution >= 4 is 16.9 Å². The fraction of sp³-hybridized carbons (Fsp3) is 0.0556. The number of hydrogen-bond acceptors (Lipinski definition) is 4. The minimum absolute atomic E-state index is 0.0239. The fourth-order valence-electron chi connectivity index (χ4n) is 2.11. The summed E-state index contributed by atoms with van der Waals surface area (Å²) in [6.07, 6.45) is 0. The molecule has 0 N–H and O–H groups in total. The molecule has 0 bridgehead atoms. The highest BCUT2D eigenvalue weighted by Gasteiger charge is 2.10. The SMILES string of the molecule is CC(=O)Sc1nc(-c2ccccc2)cc(-c2ccccc2)n1. The van der Waals surface area contributed by atoms with Crippen LogP contribution in [0.4, 0.5) is 0 Å². The molecule has 4 heteroatoms. The molecule has 108 valence electrons. The first-order valence-electron chi connectivity index (χ1n) is 6.91. The van der Waals surface area contributed by atoms with Crippen molar-refractivity contribution in [2.75, 3.05) is 0 Å². The van der Waals surface area contributed by atoms with Crippen LogP contribution in [0.2, 0.25) is 0 Å². The first kappa shape index (κ1) is 14.5. The van der Waals surface area contributed by atoms with Gasteiger partial charge in [0, 0.05) is 18.1 Å². The van der Waals surface area contributed by atoms with Crippen LogP contribution in [0.25, 0.3) is 22.5 Å². The summed E-state index contributed by atoms with van der Waals surface area (Å²) in [5.74, 6) is 0.